The molecule has 0 aromatic heterocycles. The van der Waals surface area contributed by atoms with Gasteiger partial charge in [-0.2, -0.15) is 0 Å². The first-order valence-corrected chi connectivity index (χ1v) is 7.45. The molecule has 1 amide bonds. The summed E-state index contributed by atoms with van der Waals surface area (Å²) in [7, 11) is 0. The van der Waals surface area contributed by atoms with Crippen molar-refractivity contribution in [2.45, 2.75) is 12.5 Å². The Hall–Kier alpha value is -2.07. The molecule has 1 fully saturated rings. The van der Waals surface area contributed by atoms with E-state index >= 15 is 0 Å². The van der Waals surface area contributed by atoms with Crippen LogP contribution in [0.3, 0.4) is 0 Å². The summed E-state index contributed by atoms with van der Waals surface area (Å²) in [5, 5.41) is 0.481. The fourth-order valence-electron chi connectivity index (χ4n) is 2.50. The van der Waals surface area contributed by atoms with Gasteiger partial charge in [0.05, 0.1) is 11.1 Å². The Morgan fingerprint density at radius 3 is 2.59 bits per heavy atom. The maximum Gasteiger partial charge on any atom is 0.261 e. The number of hydrogen-bond acceptors (Lipinski definition) is 2. The molecule has 0 saturated carbocycles. The zero-order chi connectivity index (χ0) is 15.5. The van der Waals surface area contributed by atoms with Crippen molar-refractivity contribution in [2.24, 2.45) is 0 Å². The van der Waals surface area contributed by atoms with E-state index in [2.05, 4.69) is 0 Å². The third-order valence-electron chi connectivity index (χ3n) is 3.78. The third-order valence-corrected chi connectivity index (χ3v) is 4.09. The second-order valence-electron chi connectivity index (χ2n) is 5.16. The van der Waals surface area contributed by atoms with Gasteiger partial charge in [-0.3, -0.25) is 4.79 Å². The number of rotatable bonds is 4. The van der Waals surface area contributed by atoms with Crippen LogP contribution in [0.25, 0.3) is 0 Å². The van der Waals surface area contributed by atoms with Crippen LogP contribution in [-0.4, -0.2) is 24.0 Å². The monoisotopic (exact) mass is 319 g/mol. The minimum absolute atomic E-state index is 0.00273. The number of ether oxygens (including phenoxy) is 1. The molecule has 1 aliphatic rings. The van der Waals surface area contributed by atoms with E-state index in [1.807, 2.05) is 0 Å². The molecule has 1 aliphatic heterocycles. The van der Waals surface area contributed by atoms with Gasteiger partial charge in [-0.1, -0.05) is 35.9 Å². The molecule has 0 aliphatic carbocycles. The number of benzene rings is 2. The van der Waals surface area contributed by atoms with E-state index in [0.29, 0.717) is 17.3 Å². The van der Waals surface area contributed by atoms with Gasteiger partial charge in [0.15, 0.2) is 6.61 Å². The predicted molar refractivity (Wildman–Crippen MR) is 82.4 cm³/mol. The van der Waals surface area contributed by atoms with E-state index in [0.717, 1.165) is 12.0 Å². The van der Waals surface area contributed by atoms with Gasteiger partial charge >= 0.3 is 0 Å². The molecule has 1 saturated heterocycles. The molecule has 114 valence electrons. The normalized spacial score (nSPS) is 17.0. The van der Waals surface area contributed by atoms with Crippen molar-refractivity contribution < 1.29 is 13.9 Å². The highest BCUT2D eigenvalue weighted by molar-refractivity contribution is 6.32. The van der Waals surface area contributed by atoms with E-state index in [9.17, 15) is 9.18 Å². The highest BCUT2D eigenvalue weighted by atomic mass is 35.5. The van der Waals surface area contributed by atoms with Gasteiger partial charge in [-0.25, -0.2) is 4.39 Å². The quantitative estimate of drug-likeness (QED) is 0.857. The van der Waals surface area contributed by atoms with Crippen LogP contribution in [0.5, 0.6) is 5.75 Å². The summed E-state index contributed by atoms with van der Waals surface area (Å²) >= 11 is 5.99. The predicted octanol–water partition coefficient (Wildman–Crippen LogP) is 3.83. The summed E-state index contributed by atoms with van der Waals surface area (Å²) in [4.78, 5) is 14.0. The number of hydrogen-bond donors (Lipinski definition) is 0. The van der Waals surface area contributed by atoms with Crippen molar-refractivity contribution in [1.29, 1.82) is 0 Å². The first kappa shape index (κ1) is 14.9. The molecule has 5 heteroatoms. The number of carbonyl (C=O) groups is 1. The lowest BCUT2D eigenvalue weighted by Crippen LogP contribution is -2.47. The minimum Gasteiger partial charge on any atom is -0.482 e. The second kappa shape index (κ2) is 6.36. The number of halogens is 2. The molecule has 0 N–H and O–H groups in total. The molecule has 0 radical (unpaired) electrons. The Kier molecular flexibility index (Phi) is 4.29. The van der Waals surface area contributed by atoms with E-state index < -0.39 is 0 Å². The summed E-state index contributed by atoms with van der Waals surface area (Å²) in [5.74, 6) is 0.125. The lowest BCUT2D eigenvalue weighted by Gasteiger charge is -2.41. The van der Waals surface area contributed by atoms with E-state index in [-0.39, 0.29) is 24.4 Å². The van der Waals surface area contributed by atoms with Crippen molar-refractivity contribution in [3.05, 3.63) is 64.9 Å². The largest absolute Gasteiger partial charge is 0.482 e. The number of amides is 1. The highest BCUT2D eigenvalue weighted by Crippen LogP contribution is 2.33. The third kappa shape index (κ3) is 3.07. The maximum absolute atomic E-state index is 13.0. The van der Waals surface area contributed by atoms with Crippen LogP contribution in [0.2, 0.25) is 5.02 Å². The molecule has 2 aromatic rings. The SMILES string of the molecule is O=C(COc1ccccc1Cl)N1CC[C@H]1c1ccc(F)cc1. The molecular formula is C17H15ClFNO2. The van der Waals surface area contributed by atoms with Gasteiger partial charge in [0.25, 0.3) is 5.91 Å². The zero-order valence-electron chi connectivity index (χ0n) is 11.8. The van der Waals surface area contributed by atoms with Gasteiger partial charge in [0.1, 0.15) is 11.6 Å². The Balaban J connectivity index is 1.61. The van der Waals surface area contributed by atoms with Crippen LogP contribution in [-0.2, 0) is 4.79 Å². The molecule has 0 unspecified atom stereocenters. The molecular weight excluding hydrogens is 305 g/mol. The lowest BCUT2D eigenvalue weighted by atomic mass is 9.94. The van der Waals surface area contributed by atoms with Crippen molar-refractivity contribution in [2.75, 3.05) is 13.2 Å². The summed E-state index contributed by atoms with van der Waals surface area (Å²) in [6, 6.07) is 13.3. The van der Waals surface area contributed by atoms with Gasteiger partial charge in [0, 0.05) is 6.54 Å². The van der Waals surface area contributed by atoms with E-state index in [1.54, 1.807) is 41.3 Å². The lowest BCUT2D eigenvalue weighted by molar-refractivity contribution is -0.141. The Bertz CT molecular complexity index is 675. The molecule has 2 aromatic carbocycles. The molecule has 1 atom stereocenters. The van der Waals surface area contributed by atoms with Crippen molar-refractivity contribution in [1.82, 2.24) is 4.90 Å². The van der Waals surface area contributed by atoms with Crippen LogP contribution in [0.15, 0.2) is 48.5 Å². The standard InChI is InChI=1S/C17H15ClFNO2/c18-14-3-1-2-4-16(14)22-11-17(21)20-10-9-15(20)12-5-7-13(19)8-6-12/h1-8,15H,9-11H2/t15-/m0/s1. The first-order chi connectivity index (χ1) is 10.6. The minimum atomic E-state index is -0.275. The summed E-state index contributed by atoms with van der Waals surface area (Å²) < 4.78 is 18.4. The highest BCUT2D eigenvalue weighted by Gasteiger charge is 2.33. The van der Waals surface area contributed by atoms with Crippen LogP contribution < -0.4 is 4.74 Å². The molecule has 1 heterocycles. The topological polar surface area (TPSA) is 29.5 Å². The molecule has 0 bridgehead atoms. The average Bonchev–Trinajstić information content (AvgIpc) is 2.47. The van der Waals surface area contributed by atoms with Crippen LogP contribution in [0, 0.1) is 5.82 Å². The number of likely N-dealkylation sites (tertiary alicyclic amines) is 1. The van der Waals surface area contributed by atoms with Gasteiger partial charge in [-0.15, -0.1) is 0 Å². The average molecular weight is 320 g/mol. The Morgan fingerprint density at radius 1 is 1.23 bits per heavy atom. The smallest absolute Gasteiger partial charge is 0.261 e. The first-order valence-electron chi connectivity index (χ1n) is 7.07. The fraction of sp³-hybridized carbons (Fsp3) is 0.235. The molecule has 22 heavy (non-hydrogen) atoms. The summed E-state index contributed by atoms with van der Waals surface area (Å²) in [5.41, 5.74) is 0.943. The molecule has 0 spiro atoms. The van der Waals surface area contributed by atoms with Gasteiger partial charge in [0.2, 0.25) is 0 Å². The van der Waals surface area contributed by atoms with E-state index in [1.165, 1.54) is 12.1 Å². The van der Waals surface area contributed by atoms with Crippen molar-refractivity contribution in [3.63, 3.8) is 0 Å². The summed E-state index contributed by atoms with van der Waals surface area (Å²) in [6.45, 7) is 0.633. The second-order valence-corrected chi connectivity index (χ2v) is 5.57. The number of nitrogens with zero attached hydrogens (tertiary/aromatic N) is 1. The van der Waals surface area contributed by atoms with E-state index in [4.69, 9.17) is 16.3 Å². The number of para-hydroxylation sites is 1. The number of carbonyl (C=O) groups excluding carboxylic acids is 1. The van der Waals surface area contributed by atoms with Crippen LogP contribution in [0.1, 0.15) is 18.0 Å². The molecule has 3 rings (SSSR count). The van der Waals surface area contributed by atoms with Gasteiger partial charge < -0.3 is 9.64 Å². The van der Waals surface area contributed by atoms with Crippen molar-refractivity contribution >= 4 is 17.5 Å². The zero-order valence-corrected chi connectivity index (χ0v) is 12.6. The molecule has 3 nitrogen and oxygen atoms in total. The van der Waals surface area contributed by atoms with Crippen molar-refractivity contribution in [3.8, 4) is 5.75 Å². The van der Waals surface area contributed by atoms with Gasteiger partial charge in [-0.05, 0) is 36.2 Å². The summed E-state index contributed by atoms with van der Waals surface area (Å²) in [6.07, 6.45) is 0.878. The van der Waals surface area contributed by atoms with Crippen LogP contribution >= 0.6 is 11.6 Å². The Labute approximate surface area is 133 Å². The Morgan fingerprint density at radius 2 is 1.95 bits per heavy atom. The van der Waals surface area contributed by atoms with Crippen LogP contribution in [0.4, 0.5) is 4.39 Å². The fourth-order valence-corrected chi connectivity index (χ4v) is 2.69. The maximum atomic E-state index is 13.0.